The standard InChI is InChI=1S/C11H12Br2N2O2/c1-7(16)14-4-5-15-11(17)9-6-8(12)2-3-10(9)13/h2-3,6H,4-5H2,1H3,(H,14,16)(H,15,17). The summed E-state index contributed by atoms with van der Waals surface area (Å²) < 4.78 is 1.57. The Morgan fingerprint density at radius 2 is 1.82 bits per heavy atom. The molecule has 1 aromatic rings. The summed E-state index contributed by atoms with van der Waals surface area (Å²) in [6.07, 6.45) is 0. The van der Waals surface area contributed by atoms with Gasteiger partial charge in [0, 0.05) is 29.0 Å². The van der Waals surface area contributed by atoms with Crippen LogP contribution >= 0.6 is 31.9 Å². The van der Waals surface area contributed by atoms with Gasteiger partial charge in [-0.1, -0.05) is 15.9 Å². The molecule has 0 radical (unpaired) electrons. The molecular weight excluding hydrogens is 352 g/mol. The van der Waals surface area contributed by atoms with Crippen LogP contribution in [0.15, 0.2) is 27.1 Å². The smallest absolute Gasteiger partial charge is 0.252 e. The number of hydrogen-bond donors (Lipinski definition) is 2. The van der Waals surface area contributed by atoms with Crippen LogP contribution in [0.3, 0.4) is 0 Å². The molecule has 6 heteroatoms. The molecule has 0 aliphatic carbocycles. The van der Waals surface area contributed by atoms with Crippen molar-refractivity contribution in [1.29, 1.82) is 0 Å². The van der Waals surface area contributed by atoms with Crippen LogP contribution in [0.1, 0.15) is 17.3 Å². The van der Waals surface area contributed by atoms with Crippen molar-refractivity contribution in [1.82, 2.24) is 10.6 Å². The number of rotatable bonds is 4. The Kier molecular flexibility index (Phi) is 5.64. The fourth-order valence-corrected chi connectivity index (χ4v) is 1.97. The predicted octanol–water partition coefficient (Wildman–Crippen LogP) is 2.08. The monoisotopic (exact) mass is 362 g/mol. The molecule has 0 spiro atoms. The maximum Gasteiger partial charge on any atom is 0.252 e. The summed E-state index contributed by atoms with van der Waals surface area (Å²) in [6, 6.07) is 5.38. The molecule has 1 rings (SSSR count). The van der Waals surface area contributed by atoms with E-state index in [4.69, 9.17) is 0 Å². The van der Waals surface area contributed by atoms with Gasteiger partial charge < -0.3 is 10.6 Å². The van der Waals surface area contributed by atoms with E-state index in [1.165, 1.54) is 6.92 Å². The van der Waals surface area contributed by atoms with Crippen LogP contribution in [0.4, 0.5) is 0 Å². The molecule has 0 atom stereocenters. The molecule has 92 valence electrons. The summed E-state index contributed by atoms with van der Waals surface area (Å²) in [5, 5.41) is 5.32. The molecule has 17 heavy (non-hydrogen) atoms. The van der Waals surface area contributed by atoms with Crippen LogP contribution in [-0.2, 0) is 4.79 Å². The second-order valence-corrected chi connectivity index (χ2v) is 5.13. The fraction of sp³-hybridized carbons (Fsp3) is 0.273. The first-order chi connectivity index (χ1) is 8.00. The Balaban J connectivity index is 2.52. The Morgan fingerprint density at radius 3 is 2.47 bits per heavy atom. The van der Waals surface area contributed by atoms with Crippen LogP contribution in [0.2, 0.25) is 0 Å². The Morgan fingerprint density at radius 1 is 1.18 bits per heavy atom. The zero-order valence-corrected chi connectivity index (χ0v) is 12.4. The number of nitrogens with one attached hydrogen (secondary N) is 2. The number of carbonyl (C=O) groups excluding carboxylic acids is 2. The molecule has 2 amide bonds. The quantitative estimate of drug-likeness (QED) is 0.804. The minimum absolute atomic E-state index is 0.108. The largest absolute Gasteiger partial charge is 0.355 e. The van der Waals surface area contributed by atoms with Crippen LogP contribution in [0.25, 0.3) is 0 Å². The lowest BCUT2D eigenvalue weighted by Gasteiger charge is -2.07. The highest BCUT2D eigenvalue weighted by molar-refractivity contribution is 9.11. The zero-order chi connectivity index (χ0) is 12.8. The van der Waals surface area contributed by atoms with E-state index in [-0.39, 0.29) is 11.8 Å². The molecule has 2 N–H and O–H groups in total. The zero-order valence-electron chi connectivity index (χ0n) is 9.22. The summed E-state index contributed by atoms with van der Waals surface area (Å²) in [4.78, 5) is 22.4. The SMILES string of the molecule is CC(=O)NCCNC(=O)c1cc(Br)ccc1Br. The van der Waals surface area contributed by atoms with Crippen molar-refractivity contribution in [3.8, 4) is 0 Å². The summed E-state index contributed by atoms with van der Waals surface area (Å²) >= 11 is 6.62. The normalized spacial score (nSPS) is 9.82. The van der Waals surface area contributed by atoms with Crippen molar-refractivity contribution in [3.63, 3.8) is 0 Å². The van der Waals surface area contributed by atoms with Gasteiger partial charge in [-0.2, -0.15) is 0 Å². The van der Waals surface area contributed by atoms with Gasteiger partial charge in [0.1, 0.15) is 0 Å². The topological polar surface area (TPSA) is 58.2 Å². The van der Waals surface area contributed by atoms with Crippen LogP contribution < -0.4 is 10.6 Å². The molecular formula is C11H12Br2N2O2. The van der Waals surface area contributed by atoms with Gasteiger partial charge in [0.2, 0.25) is 5.91 Å². The number of halogens is 2. The van der Waals surface area contributed by atoms with Gasteiger partial charge in [-0.15, -0.1) is 0 Å². The maximum atomic E-state index is 11.8. The van der Waals surface area contributed by atoms with Crippen molar-refractivity contribution in [2.75, 3.05) is 13.1 Å². The Labute approximate surface area is 116 Å². The van der Waals surface area contributed by atoms with Gasteiger partial charge >= 0.3 is 0 Å². The van der Waals surface area contributed by atoms with Gasteiger partial charge in [-0.3, -0.25) is 9.59 Å². The lowest BCUT2D eigenvalue weighted by atomic mass is 10.2. The molecule has 1 aromatic carbocycles. The van der Waals surface area contributed by atoms with Crippen molar-refractivity contribution in [2.24, 2.45) is 0 Å². The predicted molar refractivity (Wildman–Crippen MR) is 72.9 cm³/mol. The molecule has 4 nitrogen and oxygen atoms in total. The summed E-state index contributed by atoms with van der Waals surface area (Å²) in [5.74, 6) is -0.286. The molecule has 0 unspecified atom stereocenters. The van der Waals surface area contributed by atoms with Crippen LogP contribution in [0.5, 0.6) is 0 Å². The molecule has 0 fully saturated rings. The van der Waals surface area contributed by atoms with Crippen molar-refractivity contribution in [2.45, 2.75) is 6.92 Å². The number of carbonyl (C=O) groups is 2. The second kappa shape index (κ2) is 6.76. The minimum Gasteiger partial charge on any atom is -0.355 e. The van der Waals surface area contributed by atoms with E-state index in [0.717, 1.165) is 8.95 Å². The minimum atomic E-state index is -0.177. The third-order valence-electron chi connectivity index (χ3n) is 1.96. The Hall–Kier alpha value is -0.880. The molecule has 0 saturated heterocycles. The molecule has 0 heterocycles. The van der Waals surface area contributed by atoms with Gasteiger partial charge in [0.15, 0.2) is 0 Å². The molecule has 0 bridgehead atoms. The number of amides is 2. The average molecular weight is 364 g/mol. The van der Waals surface area contributed by atoms with E-state index in [0.29, 0.717) is 18.7 Å². The van der Waals surface area contributed by atoms with E-state index in [1.54, 1.807) is 12.1 Å². The third kappa shape index (κ3) is 4.87. The van der Waals surface area contributed by atoms with E-state index in [9.17, 15) is 9.59 Å². The third-order valence-corrected chi connectivity index (χ3v) is 3.14. The highest BCUT2D eigenvalue weighted by atomic mass is 79.9. The lowest BCUT2D eigenvalue weighted by molar-refractivity contribution is -0.118. The van der Waals surface area contributed by atoms with Crippen LogP contribution in [0, 0.1) is 0 Å². The summed E-state index contributed by atoms with van der Waals surface area (Å²) in [5.41, 5.74) is 0.558. The number of hydrogen-bond acceptors (Lipinski definition) is 2. The second-order valence-electron chi connectivity index (χ2n) is 3.36. The van der Waals surface area contributed by atoms with E-state index >= 15 is 0 Å². The van der Waals surface area contributed by atoms with Crippen LogP contribution in [-0.4, -0.2) is 24.9 Å². The molecule has 0 aromatic heterocycles. The molecule has 0 saturated carbocycles. The van der Waals surface area contributed by atoms with Gasteiger partial charge in [0.25, 0.3) is 5.91 Å². The van der Waals surface area contributed by atoms with Gasteiger partial charge in [-0.05, 0) is 34.1 Å². The first kappa shape index (κ1) is 14.2. The van der Waals surface area contributed by atoms with Crippen molar-refractivity contribution < 1.29 is 9.59 Å². The van der Waals surface area contributed by atoms with E-state index in [1.807, 2.05) is 6.07 Å². The summed E-state index contributed by atoms with van der Waals surface area (Å²) in [6.45, 7) is 2.26. The van der Waals surface area contributed by atoms with Gasteiger partial charge in [0.05, 0.1) is 5.56 Å². The fourth-order valence-electron chi connectivity index (χ4n) is 1.18. The maximum absolute atomic E-state index is 11.8. The first-order valence-corrected chi connectivity index (χ1v) is 6.57. The highest BCUT2D eigenvalue weighted by Crippen LogP contribution is 2.21. The van der Waals surface area contributed by atoms with Crippen molar-refractivity contribution in [3.05, 3.63) is 32.7 Å². The lowest BCUT2D eigenvalue weighted by Crippen LogP contribution is -2.33. The summed E-state index contributed by atoms with van der Waals surface area (Å²) in [7, 11) is 0. The highest BCUT2D eigenvalue weighted by Gasteiger charge is 2.09. The first-order valence-electron chi connectivity index (χ1n) is 4.98. The van der Waals surface area contributed by atoms with Crippen molar-refractivity contribution >= 4 is 43.7 Å². The van der Waals surface area contributed by atoms with Gasteiger partial charge in [-0.25, -0.2) is 0 Å². The molecule has 0 aliphatic rings. The van der Waals surface area contributed by atoms with E-state index < -0.39 is 0 Å². The Bertz CT molecular complexity index is 435. The molecule has 0 aliphatic heterocycles. The average Bonchev–Trinajstić information content (AvgIpc) is 2.27. The number of benzene rings is 1. The van der Waals surface area contributed by atoms with E-state index in [2.05, 4.69) is 42.5 Å².